The molecule has 0 bridgehead atoms. The zero-order valence-corrected chi connectivity index (χ0v) is 27.2. The standard InChI is InChI=1S/C22H25NO2.C22H2.HNO2.11H2/c1-23(17-10-6-4-2-3-5-7-16-22(24)25)18-20-14-11-13-19-12-8-9-15-21(19)20;1-3-5-7-9-11-13-15-17-19-21-22-20-18-16-14-12-10-8-6-4-2;2-1-3;;;;;;;;;;;/h6,8-15H,3,5,7,16-18H2,1H3,(H,24,25);1-2H;(H,2,3);11*1H/b10-6+;;;;;;;;;;;;;. The van der Waals surface area contributed by atoms with E-state index in [0.29, 0.717) is 6.42 Å². The zero-order valence-electron chi connectivity index (χ0n) is 27.2. The maximum absolute atomic E-state index is 10.4. The highest BCUT2D eigenvalue weighted by molar-refractivity contribution is 5.85. The van der Waals surface area contributed by atoms with E-state index in [1.807, 2.05) is 6.08 Å². The van der Waals surface area contributed by atoms with Crippen LogP contribution in [0.3, 0.4) is 0 Å². The van der Waals surface area contributed by atoms with Crippen LogP contribution in [-0.2, 0) is 11.3 Å². The van der Waals surface area contributed by atoms with Gasteiger partial charge in [-0.15, -0.1) is 17.8 Å². The van der Waals surface area contributed by atoms with Crippen molar-refractivity contribution in [3.63, 3.8) is 0 Å². The van der Waals surface area contributed by atoms with Crippen molar-refractivity contribution in [3.05, 3.63) is 65.1 Å². The summed E-state index contributed by atoms with van der Waals surface area (Å²) in [4.78, 5) is 20.8. The molecule has 2 aromatic rings. The van der Waals surface area contributed by atoms with E-state index < -0.39 is 5.97 Å². The van der Waals surface area contributed by atoms with Gasteiger partial charge < -0.3 is 10.3 Å². The van der Waals surface area contributed by atoms with E-state index >= 15 is 0 Å². The second-order valence-electron chi connectivity index (χ2n) is 8.78. The number of likely N-dealkylation sites (N-methyl/N-ethyl adjacent to an activating group) is 1. The first-order valence-electron chi connectivity index (χ1n) is 14.4. The minimum atomic E-state index is -0.734. The van der Waals surface area contributed by atoms with Crippen molar-refractivity contribution in [2.45, 2.75) is 32.2 Å². The third kappa shape index (κ3) is 26.4. The maximum Gasteiger partial charge on any atom is 0.303 e. The van der Waals surface area contributed by atoms with Crippen LogP contribution >= 0.6 is 0 Å². The summed E-state index contributed by atoms with van der Waals surface area (Å²) >= 11 is 0. The number of allylic oxidation sites excluding steroid dienone is 1. The van der Waals surface area contributed by atoms with Crippen LogP contribution in [0.15, 0.2) is 60.0 Å². The second kappa shape index (κ2) is 32.4. The molecule has 0 saturated carbocycles. The van der Waals surface area contributed by atoms with E-state index in [1.54, 1.807) is 0 Å². The molecule has 0 radical (unpaired) electrons. The molecule has 0 unspecified atom stereocenters. The zero-order chi connectivity index (χ0) is 36.8. The highest BCUT2D eigenvalue weighted by Gasteiger charge is 2.02. The molecule has 0 aliphatic rings. The highest BCUT2D eigenvalue weighted by Crippen LogP contribution is 2.19. The predicted molar refractivity (Wildman–Crippen MR) is 222 cm³/mol. The maximum atomic E-state index is 10.4. The summed E-state index contributed by atoms with van der Waals surface area (Å²) in [6.07, 6.45) is 16.3. The Bertz CT molecular complexity index is 2180. The van der Waals surface area contributed by atoms with E-state index in [2.05, 4.69) is 191 Å². The summed E-state index contributed by atoms with van der Waals surface area (Å²) in [5.74, 6) is 53.5. The number of carbonyl (C=O) groups is 1. The van der Waals surface area contributed by atoms with Crippen LogP contribution < -0.4 is 0 Å². The van der Waals surface area contributed by atoms with Crippen molar-refractivity contribution in [1.29, 1.82) is 0 Å². The van der Waals surface area contributed by atoms with E-state index in [9.17, 15) is 4.79 Å². The topological polar surface area (TPSA) is 90.2 Å². The molecule has 0 atom stereocenters. The third-order valence-corrected chi connectivity index (χ3v) is 5.19. The summed E-state index contributed by atoms with van der Waals surface area (Å²) in [6.45, 7) is 1.74. The number of rotatable bonds is 8. The van der Waals surface area contributed by atoms with Gasteiger partial charge in [-0.3, -0.25) is 9.69 Å². The first-order chi connectivity index (χ1) is 24.5. The van der Waals surface area contributed by atoms with Crippen LogP contribution in [-0.4, -0.2) is 34.8 Å². The Morgan fingerprint density at radius 2 is 1.22 bits per heavy atom. The minimum absolute atomic E-state index is 0. The molecule has 0 aromatic heterocycles. The first kappa shape index (κ1) is 42.0. The fourth-order valence-electron chi connectivity index (χ4n) is 3.27. The van der Waals surface area contributed by atoms with Gasteiger partial charge in [-0.25, -0.2) is 0 Å². The first-order valence-corrected chi connectivity index (χ1v) is 14.4. The van der Waals surface area contributed by atoms with E-state index in [1.165, 1.54) is 21.7 Å². The molecule has 6 nitrogen and oxygen atoms in total. The Morgan fingerprint density at radius 3 is 1.70 bits per heavy atom. The van der Waals surface area contributed by atoms with Gasteiger partial charge in [0.2, 0.25) is 0 Å². The fraction of sp³-hybridized carbons (Fsp3) is 0.159. The number of hydrogen-bond acceptors (Lipinski definition) is 4. The number of nitrogens with zero attached hydrogens (tertiary/aromatic N) is 2. The molecule has 0 saturated heterocycles. The van der Waals surface area contributed by atoms with Gasteiger partial charge in [-0.05, 0) is 137 Å². The molecule has 0 aliphatic heterocycles. The number of benzene rings is 2. The normalized spacial score (nSPS) is 7.36. The Kier molecular flexibility index (Phi) is 27.2. The van der Waals surface area contributed by atoms with Gasteiger partial charge >= 0.3 is 5.97 Å². The highest BCUT2D eigenvalue weighted by atomic mass is 16.6. The molecule has 2 rings (SSSR count). The van der Waals surface area contributed by atoms with Gasteiger partial charge in [0, 0.05) is 65.3 Å². The number of aliphatic carboxylic acids is 1. The molecule has 2 aromatic carbocycles. The number of hydrogen-bond donors (Lipinski definition) is 2. The number of unbranched alkanes of at least 4 members (excludes halogenated alkanes) is 2. The Balaban J connectivity index is -0.0000000635. The molecule has 50 heavy (non-hydrogen) atoms. The van der Waals surface area contributed by atoms with Crippen LogP contribution in [0.2, 0.25) is 0 Å². The van der Waals surface area contributed by atoms with Crippen molar-refractivity contribution in [2.24, 2.45) is 5.34 Å². The average Bonchev–Trinajstić information content (AvgIpc) is 3.11. The Labute approximate surface area is 311 Å². The lowest BCUT2D eigenvalue weighted by molar-refractivity contribution is -0.137. The number of terminal acetylenes is 2. The van der Waals surface area contributed by atoms with Gasteiger partial charge in [-0.1, -0.05) is 60.4 Å². The minimum Gasteiger partial charge on any atom is -0.481 e. The van der Waals surface area contributed by atoms with Crippen LogP contribution in [0, 0.1) is 148 Å². The van der Waals surface area contributed by atoms with Crippen molar-refractivity contribution < 1.29 is 30.8 Å². The molecule has 0 heterocycles. The largest absolute Gasteiger partial charge is 0.481 e. The summed E-state index contributed by atoms with van der Waals surface area (Å²) in [6, 6.07) is 14.9. The quantitative estimate of drug-likeness (QED) is 0.131. The van der Waals surface area contributed by atoms with Crippen molar-refractivity contribution >= 4 is 16.7 Å². The van der Waals surface area contributed by atoms with Gasteiger partial charge in [-0.2, -0.15) is 0 Å². The lowest BCUT2D eigenvalue weighted by Crippen LogP contribution is -2.17. The summed E-state index contributed by atoms with van der Waals surface area (Å²) < 4.78 is 0. The second-order valence-corrected chi connectivity index (χ2v) is 8.78. The summed E-state index contributed by atoms with van der Waals surface area (Å²) in [5, 5.41) is 19.0. The molecule has 0 fully saturated rings. The lowest BCUT2D eigenvalue weighted by Gasteiger charge is -2.15. The lowest BCUT2D eigenvalue weighted by atomic mass is 10.0. The fourth-order valence-corrected chi connectivity index (χ4v) is 3.27. The predicted octanol–water partition coefficient (Wildman–Crippen LogP) is 7.61. The SMILES string of the molecule is C#CC#CC#CC#CC#CC#CC#CC#CC#CC#CC#C.CN(C/C=C/C#CCCCCC(=O)O)Cc1cccc2ccccc12.O=NO.[HH].[HH].[HH].[HH].[HH].[HH].[HH].[HH].[HH].[HH].[HH]. The molecule has 0 spiro atoms. The van der Waals surface area contributed by atoms with Crippen LogP contribution in [0.25, 0.3) is 10.8 Å². The summed E-state index contributed by atoms with van der Waals surface area (Å²) in [7, 11) is 2.10. The smallest absolute Gasteiger partial charge is 0.303 e. The van der Waals surface area contributed by atoms with E-state index in [-0.39, 0.29) is 22.1 Å². The van der Waals surface area contributed by atoms with Gasteiger partial charge in [0.05, 0.1) is 0 Å². The average molecular weight is 671 g/mol. The van der Waals surface area contributed by atoms with Crippen molar-refractivity contribution in [3.8, 4) is 143 Å². The van der Waals surface area contributed by atoms with Crippen molar-refractivity contribution in [2.75, 3.05) is 13.6 Å². The van der Waals surface area contributed by atoms with Crippen LogP contribution in [0.4, 0.5) is 0 Å². The monoisotopic (exact) mass is 670 g/mol. The van der Waals surface area contributed by atoms with Crippen LogP contribution in [0.1, 0.15) is 46.9 Å². The molecule has 0 amide bonds. The molecular weight excluding hydrogens is 620 g/mol. The number of carboxylic acid groups (broad SMARTS) is 1. The number of fused-ring (bicyclic) bond motifs is 1. The van der Waals surface area contributed by atoms with E-state index in [0.717, 1.165) is 25.9 Å². The third-order valence-electron chi connectivity index (χ3n) is 5.19. The van der Waals surface area contributed by atoms with Gasteiger partial charge in [0.25, 0.3) is 0 Å². The van der Waals surface area contributed by atoms with Gasteiger partial charge in [0.1, 0.15) is 0 Å². The molecule has 2 N–H and O–H groups in total. The van der Waals surface area contributed by atoms with Crippen LogP contribution in [0.5, 0.6) is 0 Å². The van der Waals surface area contributed by atoms with E-state index in [4.69, 9.17) is 28.1 Å². The summed E-state index contributed by atoms with van der Waals surface area (Å²) in [5.41, 5.74) is 1.33. The Morgan fingerprint density at radius 1 is 0.760 bits per heavy atom. The molecule has 0 aliphatic carbocycles. The number of carboxylic acids is 1. The van der Waals surface area contributed by atoms with Gasteiger partial charge in [0.15, 0.2) is 5.34 Å². The van der Waals surface area contributed by atoms with Crippen molar-refractivity contribution in [1.82, 2.24) is 4.90 Å². The molecule has 6 heteroatoms. The Hall–Kier alpha value is -8.01. The molecular formula is C44H50N2O4. The molecule has 260 valence electrons.